The minimum absolute atomic E-state index is 0.0151. The van der Waals surface area contributed by atoms with Crippen molar-refractivity contribution >= 4 is 34.8 Å². The molecule has 0 bridgehead atoms. The van der Waals surface area contributed by atoms with Gasteiger partial charge in [0.05, 0.1) is 5.02 Å². The summed E-state index contributed by atoms with van der Waals surface area (Å²) in [6.07, 6.45) is 1.47. The number of rotatable bonds is 5. The van der Waals surface area contributed by atoms with Crippen molar-refractivity contribution in [2.75, 3.05) is 10.6 Å². The van der Waals surface area contributed by atoms with Gasteiger partial charge in [-0.25, -0.2) is 14.4 Å². The monoisotopic (exact) mass is 384 g/mol. The molecule has 5 nitrogen and oxygen atoms in total. The summed E-state index contributed by atoms with van der Waals surface area (Å²) in [5, 5.41) is 5.69. The van der Waals surface area contributed by atoms with E-state index in [0.717, 1.165) is 0 Å². The Bertz CT molecular complexity index is 960. The first-order chi connectivity index (χ1) is 12.9. The molecule has 1 amide bonds. The maximum Gasteiger partial charge on any atom is 0.274 e. The molecule has 1 heterocycles. The Hall–Kier alpha value is -2.99. The van der Waals surface area contributed by atoms with Crippen LogP contribution in [0.5, 0.6) is 0 Å². The minimum atomic E-state index is -0.514. The van der Waals surface area contributed by atoms with Gasteiger partial charge in [0.2, 0.25) is 5.95 Å². The molecule has 0 radical (unpaired) electrons. The fraction of sp³-hybridized carbons (Fsp3) is 0.150. The van der Waals surface area contributed by atoms with Crippen LogP contribution < -0.4 is 10.6 Å². The summed E-state index contributed by atoms with van der Waals surface area (Å²) >= 11 is 5.76. The van der Waals surface area contributed by atoms with Crippen LogP contribution in [0.3, 0.4) is 0 Å². The van der Waals surface area contributed by atoms with Crippen molar-refractivity contribution in [3.05, 3.63) is 76.8 Å². The summed E-state index contributed by atoms with van der Waals surface area (Å²) in [6.45, 7) is 4.22. The topological polar surface area (TPSA) is 66.9 Å². The molecule has 0 spiro atoms. The first-order valence-corrected chi connectivity index (χ1v) is 8.76. The lowest BCUT2D eigenvalue weighted by Crippen LogP contribution is -2.14. The van der Waals surface area contributed by atoms with Crippen LogP contribution in [0.15, 0.2) is 54.7 Å². The first-order valence-electron chi connectivity index (χ1n) is 8.39. The van der Waals surface area contributed by atoms with Gasteiger partial charge >= 0.3 is 0 Å². The molecule has 0 aliphatic carbocycles. The molecule has 0 atom stereocenters. The second-order valence-corrected chi connectivity index (χ2v) is 6.66. The molecule has 0 aliphatic rings. The molecule has 27 heavy (non-hydrogen) atoms. The Kier molecular flexibility index (Phi) is 5.66. The Morgan fingerprint density at radius 3 is 2.44 bits per heavy atom. The molecule has 7 heteroatoms. The van der Waals surface area contributed by atoms with Gasteiger partial charge in [-0.1, -0.05) is 37.6 Å². The van der Waals surface area contributed by atoms with Gasteiger partial charge in [0.25, 0.3) is 5.91 Å². The largest absolute Gasteiger partial charge is 0.324 e. The predicted octanol–water partition coefficient (Wildman–Crippen LogP) is 5.39. The van der Waals surface area contributed by atoms with E-state index in [-0.39, 0.29) is 22.6 Å². The zero-order chi connectivity index (χ0) is 19.4. The molecule has 2 aromatic carbocycles. The molecule has 0 fully saturated rings. The molecule has 0 saturated carbocycles. The third-order valence-electron chi connectivity index (χ3n) is 3.90. The first kappa shape index (κ1) is 18.8. The van der Waals surface area contributed by atoms with Crippen molar-refractivity contribution in [2.45, 2.75) is 19.8 Å². The van der Waals surface area contributed by atoms with Gasteiger partial charge < -0.3 is 10.6 Å². The van der Waals surface area contributed by atoms with E-state index in [1.165, 1.54) is 36.0 Å². The fourth-order valence-electron chi connectivity index (χ4n) is 2.39. The number of nitrogens with zero attached hydrogens (tertiary/aromatic N) is 2. The third-order valence-corrected chi connectivity index (χ3v) is 4.19. The summed E-state index contributed by atoms with van der Waals surface area (Å²) in [4.78, 5) is 20.7. The molecule has 0 aliphatic heterocycles. The fourth-order valence-corrected chi connectivity index (χ4v) is 2.58. The minimum Gasteiger partial charge on any atom is -0.324 e. The van der Waals surface area contributed by atoms with E-state index in [0.29, 0.717) is 17.3 Å². The van der Waals surface area contributed by atoms with Crippen molar-refractivity contribution in [1.29, 1.82) is 0 Å². The van der Waals surface area contributed by atoms with E-state index in [9.17, 15) is 9.18 Å². The summed E-state index contributed by atoms with van der Waals surface area (Å²) in [5.41, 5.74) is 2.60. The van der Waals surface area contributed by atoms with Gasteiger partial charge in [0, 0.05) is 17.6 Å². The van der Waals surface area contributed by atoms with Crippen LogP contribution in [0.4, 0.5) is 21.7 Å². The van der Waals surface area contributed by atoms with E-state index >= 15 is 0 Å². The van der Waals surface area contributed by atoms with E-state index in [1.54, 1.807) is 0 Å². The molecule has 3 rings (SSSR count). The van der Waals surface area contributed by atoms with Gasteiger partial charge in [-0.3, -0.25) is 4.79 Å². The lowest BCUT2D eigenvalue weighted by Gasteiger charge is -2.09. The van der Waals surface area contributed by atoms with Crippen molar-refractivity contribution in [3.63, 3.8) is 0 Å². The zero-order valence-electron chi connectivity index (χ0n) is 14.8. The second-order valence-electron chi connectivity index (χ2n) is 6.25. The molecule has 0 saturated heterocycles. The van der Waals surface area contributed by atoms with Crippen LogP contribution in [-0.2, 0) is 0 Å². The average Bonchev–Trinajstić information content (AvgIpc) is 2.65. The number of amides is 1. The van der Waals surface area contributed by atoms with Crippen molar-refractivity contribution in [3.8, 4) is 0 Å². The highest BCUT2D eigenvalue weighted by Gasteiger charge is 2.10. The summed E-state index contributed by atoms with van der Waals surface area (Å²) in [5.74, 6) is -0.236. The molecular weight excluding hydrogens is 367 g/mol. The van der Waals surface area contributed by atoms with Gasteiger partial charge in [-0.2, -0.15) is 0 Å². The van der Waals surface area contributed by atoms with Gasteiger partial charge in [0.15, 0.2) is 0 Å². The second kappa shape index (κ2) is 8.14. The molecule has 138 valence electrons. The number of aromatic nitrogens is 2. The lowest BCUT2D eigenvalue weighted by atomic mass is 10.0. The number of nitrogens with one attached hydrogen (secondary N) is 2. The van der Waals surface area contributed by atoms with Crippen LogP contribution in [-0.4, -0.2) is 15.9 Å². The summed E-state index contributed by atoms with van der Waals surface area (Å²) in [7, 11) is 0. The SMILES string of the molecule is CC(C)c1ccc(NC(=O)c2ccnc(Nc3ccc(F)c(Cl)c3)n2)cc1. The maximum absolute atomic E-state index is 13.2. The zero-order valence-corrected chi connectivity index (χ0v) is 15.6. The van der Waals surface area contributed by atoms with Gasteiger partial charge in [-0.15, -0.1) is 0 Å². The summed E-state index contributed by atoms with van der Waals surface area (Å²) < 4.78 is 13.2. The van der Waals surface area contributed by atoms with Crippen molar-refractivity contribution < 1.29 is 9.18 Å². The molecule has 1 aromatic heterocycles. The molecule has 2 N–H and O–H groups in total. The van der Waals surface area contributed by atoms with E-state index in [2.05, 4.69) is 34.4 Å². The van der Waals surface area contributed by atoms with Crippen LogP contribution in [0.2, 0.25) is 5.02 Å². The molecule has 0 unspecified atom stereocenters. The van der Waals surface area contributed by atoms with Crippen LogP contribution >= 0.6 is 11.6 Å². The Morgan fingerprint density at radius 1 is 1.07 bits per heavy atom. The standard InChI is InChI=1S/C20H18ClFN4O/c1-12(2)13-3-5-14(6-4-13)24-19(27)18-9-10-23-20(26-18)25-15-7-8-17(22)16(21)11-15/h3-12H,1-2H3,(H,24,27)(H,23,25,26). The molecular formula is C20H18ClFN4O. The number of carbonyl (C=O) groups excluding carboxylic acids is 1. The number of hydrogen-bond acceptors (Lipinski definition) is 4. The number of carbonyl (C=O) groups is 1. The number of anilines is 3. The third kappa shape index (κ3) is 4.80. The smallest absolute Gasteiger partial charge is 0.274 e. The lowest BCUT2D eigenvalue weighted by molar-refractivity contribution is 0.102. The highest BCUT2D eigenvalue weighted by atomic mass is 35.5. The average molecular weight is 385 g/mol. The number of benzene rings is 2. The quantitative estimate of drug-likeness (QED) is 0.619. The van der Waals surface area contributed by atoms with Crippen molar-refractivity contribution in [2.24, 2.45) is 0 Å². The Balaban J connectivity index is 1.72. The molecule has 3 aromatic rings. The Morgan fingerprint density at radius 2 is 1.78 bits per heavy atom. The van der Waals surface area contributed by atoms with E-state index < -0.39 is 5.82 Å². The maximum atomic E-state index is 13.2. The van der Waals surface area contributed by atoms with E-state index in [4.69, 9.17) is 11.6 Å². The Labute approximate surface area is 161 Å². The normalized spacial score (nSPS) is 10.7. The highest BCUT2D eigenvalue weighted by Crippen LogP contribution is 2.21. The van der Waals surface area contributed by atoms with Gasteiger partial charge in [0.1, 0.15) is 11.5 Å². The van der Waals surface area contributed by atoms with Gasteiger partial charge in [-0.05, 0) is 47.9 Å². The van der Waals surface area contributed by atoms with Crippen LogP contribution in [0.25, 0.3) is 0 Å². The highest BCUT2D eigenvalue weighted by molar-refractivity contribution is 6.31. The number of hydrogen-bond donors (Lipinski definition) is 2. The van der Waals surface area contributed by atoms with Crippen LogP contribution in [0.1, 0.15) is 35.8 Å². The van der Waals surface area contributed by atoms with Crippen LogP contribution in [0, 0.1) is 5.82 Å². The van der Waals surface area contributed by atoms with E-state index in [1.807, 2.05) is 24.3 Å². The van der Waals surface area contributed by atoms with Crippen molar-refractivity contribution in [1.82, 2.24) is 9.97 Å². The summed E-state index contributed by atoms with van der Waals surface area (Å²) in [6, 6.07) is 13.3. The number of halogens is 2. The predicted molar refractivity (Wildman–Crippen MR) is 105 cm³/mol.